The van der Waals surface area contributed by atoms with E-state index in [2.05, 4.69) is 59.3 Å². The third-order valence-electron chi connectivity index (χ3n) is 5.91. The number of methoxy groups -OCH3 is 1. The van der Waals surface area contributed by atoms with Gasteiger partial charge in [-0.05, 0) is 54.7 Å². The summed E-state index contributed by atoms with van der Waals surface area (Å²) in [6.07, 6.45) is 2.19. The van der Waals surface area contributed by atoms with E-state index in [9.17, 15) is 0 Å². The van der Waals surface area contributed by atoms with Gasteiger partial charge in [0.1, 0.15) is 5.75 Å². The Morgan fingerprint density at radius 3 is 2.92 bits per heavy atom. The molecule has 1 N–H and O–H groups in total. The van der Waals surface area contributed by atoms with E-state index in [-0.39, 0.29) is 0 Å². The predicted molar refractivity (Wildman–Crippen MR) is 96.6 cm³/mol. The van der Waals surface area contributed by atoms with Gasteiger partial charge in [-0.25, -0.2) is 0 Å². The molecule has 0 aliphatic carbocycles. The predicted octanol–water partition coefficient (Wildman–Crippen LogP) is 4.39. The third kappa shape index (κ3) is 1.88. The Hall–Kier alpha value is -2.26. The summed E-state index contributed by atoms with van der Waals surface area (Å²) >= 11 is 0. The lowest BCUT2D eigenvalue weighted by molar-refractivity contribution is 0.115. The van der Waals surface area contributed by atoms with Gasteiger partial charge in [0.15, 0.2) is 0 Å². The maximum Gasteiger partial charge on any atom is 0.119 e. The highest BCUT2D eigenvalue weighted by molar-refractivity contribution is 5.85. The van der Waals surface area contributed by atoms with Crippen molar-refractivity contribution in [1.82, 2.24) is 9.88 Å². The van der Waals surface area contributed by atoms with Crippen molar-refractivity contribution in [2.45, 2.75) is 31.8 Å². The van der Waals surface area contributed by atoms with Crippen molar-refractivity contribution in [2.75, 3.05) is 13.7 Å². The Bertz CT molecular complexity index is 927. The number of H-pyrrole nitrogens is 1. The van der Waals surface area contributed by atoms with Crippen LogP contribution < -0.4 is 4.74 Å². The number of aromatic amines is 1. The lowest BCUT2D eigenvalue weighted by Crippen LogP contribution is -2.41. The van der Waals surface area contributed by atoms with Crippen LogP contribution in [0.15, 0.2) is 42.5 Å². The minimum Gasteiger partial charge on any atom is -0.497 e. The van der Waals surface area contributed by atoms with Crippen LogP contribution in [0.1, 0.15) is 41.4 Å². The zero-order chi connectivity index (χ0) is 16.3. The first-order valence-corrected chi connectivity index (χ1v) is 8.78. The molecule has 3 heterocycles. The number of aromatic nitrogens is 1. The van der Waals surface area contributed by atoms with Crippen LogP contribution in [0.25, 0.3) is 10.9 Å². The number of hydrogen-bond acceptors (Lipinski definition) is 2. The Morgan fingerprint density at radius 2 is 2.04 bits per heavy atom. The van der Waals surface area contributed by atoms with Gasteiger partial charge in [0.25, 0.3) is 0 Å². The summed E-state index contributed by atoms with van der Waals surface area (Å²) in [6, 6.07) is 16.2. The largest absolute Gasteiger partial charge is 0.497 e. The Morgan fingerprint density at radius 1 is 1.17 bits per heavy atom. The SMILES string of the molecule is COc1ccc2c(c1)C1Cc3c([nH]c4ccccc34)[C@H](C)N1CC2. The van der Waals surface area contributed by atoms with Gasteiger partial charge in [0.2, 0.25) is 0 Å². The normalized spacial score (nSPS) is 22.8. The molecule has 2 aromatic carbocycles. The van der Waals surface area contributed by atoms with Gasteiger partial charge in [0.05, 0.1) is 7.11 Å². The van der Waals surface area contributed by atoms with Crippen LogP contribution in [0.5, 0.6) is 5.75 Å². The van der Waals surface area contributed by atoms with Crippen LogP contribution in [0.3, 0.4) is 0 Å². The van der Waals surface area contributed by atoms with Gasteiger partial charge in [-0.1, -0.05) is 24.3 Å². The standard InChI is InChI=1S/C21H22N2O/c1-13-21-18(16-5-3-4-6-19(16)22-21)12-20-17-11-15(24-2)8-7-14(17)9-10-23(13)20/h3-8,11,13,20,22H,9-10,12H2,1-2H3/t13-,20?/m0/s1. The van der Waals surface area contributed by atoms with E-state index in [0.717, 1.165) is 25.1 Å². The number of benzene rings is 2. The number of nitrogens with zero attached hydrogens (tertiary/aromatic N) is 1. The topological polar surface area (TPSA) is 28.3 Å². The molecule has 0 radical (unpaired) electrons. The van der Waals surface area contributed by atoms with Gasteiger partial charge in [-0.15, -0.1) is 0 Å². The van der Waals surface area contributed by atoms with Crippen molar-refractivity contribution in [2.24, 2.45) is 0 Å². The molecule has 1 unspecified atom stereocenters. The van der Waals surface area contributed by atoms with E-state index in [4.69, 9.17) is 4.74 Å². The zero-order valence-electron chi connectivity index (χ0n) is 14.2. The smallest absolute Gasteiger partial charge is 0.119 e. The van der Waals surface area contributed by atoms with Crippen molar-refractivity contribution < 1.29 is 4.74 Å². The quantitative estimate of drug-likeness (QED) is 0.720. The van der Waals surface area contributed by atoms with Crippen LogP contribution in [-0.2, 0) is 12.8 Å². The number of hydrogen-bond donors (Lipinski definition) is 1. The Kier molecular flexibility index (Phi) is 3.01. The summed E-state index contributed by atoms with van der Waals surface area (Å²) < 4.78 is 5.49. The molecule has 2 aliphatic heterocycles. The molecule has 0 bridgehead atoms. The summed E-state index contributed by atoms with van der Waals surface area (Å²) in [5.74, 6) is 0.966. The first-order chi connectivity index (χ1) is 11.8. The minimum atomic E-state index is 0.422. The molecule has 3 nitrogen and oxygen atoms in total. The maximum atomic E-state index is 5.49. The zero-order valence-corrected chi connectivity index (χ0v) is 14.2. The molecule has 1 aromatic heterocycles. The highest BCUT2D eigenvalue weighted by Gasteiger charge is 2.38. The second-order valence-corrected chi connectivity index (χ2v) is 7.01. The van der Waals surface area contributed by atoms with E-state index in [0.29, 0.717) is 12.1 Å². The summed E-state index contributed by atoms with van der Waals surface area (Å²) in [7, 11) is 1.75. The van der Waals surface area contributed by atoms with Crippen LogP contribution in [0.2, 0.25) is 0 Å². The first kappa shape index (κ1) is 14.1. The molecular weight excluding hydrogens is 296 g/mol. The summed E-state index contributed by atoms with van der Waals surface area (Å²) in [5.41, 5.74) is 7.09. The maximum absolute atomic E-state index is 5.49. The molecule has 0 saturated heterocycles. The summed E-state index contributed by atoms with van der Waals surface area (Å²) in [6.45, 7) is 3.46. The monoisotopic (exact) mass is 318 g/mol. The molecule has 0 fully saturated rings. The van der Waals surface area contributed by atoms with E-state index >= 15 is 0 Å². The lowest BCUT2D eigenvalue weighted by Gasteiger charge is -2.44. The van der Waals surface area contributed by atoms with Crippen LogP contribution >= 0.6 is 0 Å². The molecule has 24 heavy (non-hydrogen) atoms. The average Bonchev–Trinajstić information content (AvgIpc) is 3.00. The first-order valence-electron chi connectivity index (χ1n) is 8.78. The fourth-order valence-corrected chi connectivity index (χ4v) is 4.67. The van der Waals surface area contributed by atoms with Crippen LogP contribution in [0, 0.1) is 0 Å². The van der Waals surface area contributed by atoms with Crippen LogP contribution in [-0.4, -0.2) is 23.5 Å². The summed E-state index contributed by atoms with van der Waals surface area (Å²) in [5, 5.41) is 1.38. The van der Waals surface area contributed by atoms with Crippen LogP contribution in [0.4, 0.5) is 0 Å². The number of fused-ring (bicyclic) bond motifs is 6. The van der Waals surface area contributed by atoms with Gasteiger partial charge >= 0.3 is 0 Å². The Balaban J connectivity index is 1.67. The van der Waals surface area contributed by atoms with E-state index in [1.807, 2.05) is 0 Å². The fraction of sp³-hybridized carbons (Fsp3) is 0.333. The molecular formula is C21H22N2O. The highest BCUT2D eigenvalue weighted by Crippen LogP contribution is 2.45. The molecule has 0 amide bonds. The number of ether oxygens (including phenoxy) is 1. The molecule has 2 atom stereocenters. The van der Waals surface area contributed by atoms with Gasteiger partial charge in [-0.2, -0.15) is 0 Å². The van der Waals surface area contributed by atoms with E-state index in [1.54, 1.807) is 7.11 Å². The van der Waals surface area contributed by atoms with Gasteiger partial charge in [-0.3, -0.25) is 4.90 Å². The molecule has 122 valence electrons. The van der Waals surface area contributed by atoms with E-state index in [1.165, 1.54) is 33.3 Å². The lowest BCUT2D eigenvalue weighted by atomic mass is 9.83. The van der Waals surface area contributed by atoms with Gasteiger partial charge < -0.3 is 9.72 Å². The number of para-hydroxylation sites is 1. The number of rotatable bonds is 1. The average molecular weight is 318 g/mol. The minimum absolute atomic E-state index is 0.422. The highest BCUT2D eigenvalue weighted by atomic mass is 16.5. The fourth-order valence-electron chi connectivity index (χ4n) is 4.67. The van der Waals surface area contributed by atoms with Crippen molar-refractivity contribution >= 4 is 10.9 Å². The Labute approximate surface area is 142 Å². The molecule has 2 aliphatic rings. The van der Waals surface area contributed by atoms with Crippen molar-refractivity contribution in [3.05, 3.63) is 64.8 Å². The second-order valence-electron chi connectivity index (χ2n) is 7.01. The van der Waals surface area contributed by atoms with Gasteiger partial charge in [0, 0.05) is 35.2 Å². The molecule has 5 rings (SSSR count). The molecule has 3 aromatic rings. The molecule has 0 saturated carbocycles. The van der Waals surface area contributed by atoms with Crippen molar-refractivity contribution in [3.8, 4) is 5.75 Å². The molecule has 0 spiro atoms. The van der Waals surface area contributed by atoms with Crippen molar-refractivity contribution in [1.29, 1.82) is 0 Å². The van der Waals surface area contributed by atoms with E-state index < -0.39 is 0 Å². The third-order valence-corrected chi connectivity index (χ3v) is 5.91. The number of nitrogens with one attached hydrogen (secondary N) is 1. The summed E-state index contributed by atoms with van der Waals surface area (Å²) in [4.78, 5) is 6.33. The second kappa shape index (κ2) is 5.12. The van der Waals surface area contributed by atoms with Crippen molar-refractivity contribution in [3.63, 3.8) is 0 Å². The molecule has 3 heteroatoms.